The molecule has 16 heavy (non-hydrogen) atoms. The molecule has 0 aliphatic heterocycles. The van der Waals surface area contributed by atoms with Crippen LogP contribution >= 0.6 is 31.9 Å². The van der Waals surface area contributed by atoms with Crippen LogP contribution in [-0.2, 0) is 0 Å². The highest BCUT2D eigenvalue weighted by Crippen LogP contribution is 2.32. The van der Waals surface area contributed by atoms with Crippen LogP contribution in [0, 0.1) is 6.92 Å². The van der Waals surface area contributed by atoms with Crippen molar-refractivity contribution in [1.29, 1.82) is 0 Å². The molecule has 1 aromatic carbocycles. The van der Waals surface area contributed by atoms with Gasteiger partial charge in [-0.1, -0.05) is 0 Å². The lowest BCUT2D eigenvalue weighted by Gasteiger charge is -2.07. The quantitative estimate of drug-likeness (QED) is 0.739. The van der Waals surface area contributed by atoms with Crippen LogP contribution in [0.3, 0.4) is 0 Å². The van der Waals surface area contributed by atoms with Crippen LogP contribution in [0.1, 0.15) is 5.56 Å². The Morgan fingerprint density at radius 2 is 2.00 bits per heavy atom. The predicted octanol–water partition coefficient (Wildman–Crippen LogP) is 3.64. The normalized spacial score (nSPS) is 10.8. The standard InChI is InChI=1S/C11H8Br2O3/c1-5-6-3-7(12)9(15-2)4-8(6)16-11(14)10(5)13/h3-4H,1-2H3. The minimum atomic E-state index is -0.380. The van der Waals surface area contributed by atoms with Gasteiger partial charge in [0.15, 0.2) is 0 Å². The fraction of sp³-hybridized carbons (Fsp3) is 0.182. The number of hydrogen-bond donors (Lipinski definition) is 0. The van der Waals surface area contributed by atoms with Gasteiger partial charge in [-0.3, -0.25) is 0 Å². The number of fused-ring (bicyclic) bond motifs is 1. The van der Waals surface area contributed by atoms with Crippen molar-refractivity contribution in [2.24, 2.45) is 0 Å². The molecule has 0 fully saturated rings. The van der Waals surface area contributed by atoms with E-state index < -0.39 is 0 Å². The Bertz CT molecular complexity index is 617. The molecule has 0 amide bonds. The van der Waals surface area contributed by atoms with E-state index in [0.29, 0.717) is 15.8 Å². The number of rotatable bonds is 1. The molecular formula is C11H8Br2O3. The molecule has 0 aliphatic carbocycles. The van der Waals surface area contributed by atoms with E-state index in [1.807, 2.05) is 13.0 Å². The van der Waals surface area contributed by atoms with Crippen molar-refractivity contribution in [2.45, 2.75) is 6.92 Å². The molecule has 2 rings (SSSR count). The summed E-state index contributed by atoms with van der Waals surface area (Å²) in [5, 5.41) is 0.874. The SMILES string of the molecule is COc1cc2oc(=O)c(Br)c(C)c2cc1Br. The number of hydrogen-bond acceptors (Lipinski definition) is 3. The van der Waals surface area contributed by atoms with Crippen LogP contribution in [0.15, 0.2) is 30.3 Å². The summed E-state index contributed by atoms with van der Waals surface area (Å²) in [6.45, 7) is 1.86. The van der Waals surface area contributed by atoms with E-state index in [9.17, 15) is 4.79 Å². The molecule has 3 nitrogen and oxygen atoms in total. The number of benzene rings is 1. The molecule has 1 aromatic heterocycles. The van der Waals surface area contributed by atoms with Gasteiger partial charge >= 0.3 is 5.63 Å². The first-order valence-corrected chi connectivity index (χ1v) is 6.09. The molecule has 0 spiro atoms. The molecule has 0 atom stereocenters. The summed E-state index contributed by atoms with van der Waals surface area (Å²) in [5.41, 5.74) is 0.995. The van der Waals surface area contributed by atoms with Crippen LogP contribution < -0.4 is 10.4 Å². The third-order valence-corrected chi connectivity index (χ3v) is 3.91. The van der Waals surface area contributed by atoms with Gasteiger partial charge in [0.2, 0.25) is 0 Å². The van der Waals surface area contributed by atoms with Gasteiger partial charge in [-0.05, 0) is 50.4 Å². The van der Waals surface area contributed by atoms with Gasteiger partial charge in [0.25, 0.3) is 0 Å². The zero-order chi connectivity index (χ0) is 11.9. The van der Waals surface area contributed by atoms with Crippen molar-refractivity contribution in [3.05, 3.63) is 37.1 Å². The third kappa shape index (κ3) is 1.78. The highest BCUT2D eigenvalue weighted by molar-refractivity contribution is 9.10. The van der Waals surface area contributed by atoms with Crippen molar-refractivity contribution in [2.75, 3.05) is 7.11 Å². The Labute approximate surface area is 109 Å². The van der Waals surface area contributed by atoms with Crippen molar-refractivity contribution < 1.29 is 9.15 Å². The maximum atomic E-state index is 11.5. The largest absolute Gasteiger partial charge is 0.495 e. The average molecular weight is 348 g/mol. The first-order valence-electron chi connectivity index (χ1n) is 4.51. The van der Waals surface area contributed by atoms with Crippen LogP contribution in [0.5, 0.6) is 5.75 Å². The first kappa shape index (κ1) is 11.7. The third-order valence-electron chi connectivity index (χ3n) is 2.37. The number of methoxy groups -OCH3 is 1. The molecule has 0 radical (unpaired) electrons. The molecule has 2 aromatic rings. The Kier molecular flexibility index (Phi) is 3.08. The van der Waals surface area contributed by atoms with Crippen LogP contribution in [-0.4, -0.2) is 7.11 Å². The Hall–Kier alpha value is -0.810. The molecule has 0 saturated carbocycles. The van der Waals surface area contributed by atoms with Crippen LogP contribution in [0.25, 0.3) is 11.0 Å². The van der Waals surface area contributed by atoms with E-state index in [4.69, 9.17) is 9.15 Å². The number of ether oxygens (including phenoxy) is 1. The topological polar surface area (TPSA) is 39.4 Å². The van der Waals surface area contributed by atoms with Crippen molar-refractivity contribution in [3.63, 3.8) is 0 Å². The van der Waals surface area contributed by atoms with Crippen LogP contribution in [0.4, 0.5) is 0 Å². The lowest BCUT2D eigenvalue weighted by atomic mass is 10.1. The van der Waals surface area contributed by atoms with Crippen molar-refractivity contribution in [3.8, 4) is 5.75 Å². The fourth-order valence-corrected chi connectivity index (χ4v) is 2.28. The second-order valence-electron chi connectivity index (χ2n) is 3.31. The van der Waals surface area contributed by atoms with E-state index in [-0.39, 0.29) is 5.63 Å². The Balaban J connectivity index is 2.92. The minimum Gasteiger partial charge on any atom is -0.495 e. The lowest BCUT2D eigenvalue weighted by molar-refractivity contribution is 0.411. The predicted molar refractivity (Wildman–Crippen MR) is 69.2 cm³/mol. The summed E-state index contributed by atoms with van der Waals surface area (Å²) in [5.74, 6) is 0.636. The van der Waals surface area contributed by atoms with E-state index in [2.05, 4.69) is 31.9 Å². The molecule has 0 bridgehead atoms. The fourth-order valence-electron chi connectivity index (χ4n) is 1.48. The van der Waals surface area contributed by atoms with Gasteiger partial charge in [0.1, 0.15) is 15.8 Å². The lowest BCUT2D eigenvalue weighted by Crippen LogP contribution is -2.02. The number of halogens is 2. The van der Waals surface area contributed by atoms with Crippen molar-refractivity contribution in [1.82, 2.24) is 0 Å². The van der Waals surface area contributed by atoms with Gasteiger partial charge in [-0.25, -0.2) is 4.79 Å². The van der Waals surface area contributed by atoms with E-state index >= 15 is 0 Å². The Morgan fingerprint density at radius 1 is 1.31 bits per heavy atom. The van der Waals surface area contributed by atoms with E-state index in [1.165, 1.54) is 0 Å². The molecule has 5 heteroatoms. The highest BCUT2D eigenvalue weighted by Gasteiger charge is 2.11. The van der Waals surface area contributed by atoms with Gasteiger partial charge in [0, 0.05) is 11.5 Å². The summed E-state index contributed by atoms with van der Waals surface area (Å²) in [7, 11) is 1.57. The zero-order valence-electron chi connectivity index (χ0n) is 8.64. The van der Waals surface area contributed by atoms with Gasteiger partial charge < -0.3 is 9.15 Å². The van der Waals surface area contributed by atoms with E-state index in [0.717, 1.165) is 15.4 Å². The Morgan fingerprint density at radius 3 is 2.62 bits per heavy atom. The molecule has 0 aliphatic rings. The summed E-state index contributed by atoms with van der Waals surface area (Å²) in [6.07, 6.45) is 0. The second kappa shape index (κ2) is 4.22. The molecular weight excluding hydrogens is 340 g/mol. The van der Waals surface area contributed by atoms with E-state index in [1.54, 1.807) is 13.2 Å². The first-order chi connectivity index (χ1) is 7.54. The monoisotopic (exact) mass is 346 g/mol. The smallest absolute Gasteiger partial charge is 0.350 e. The van der Waals surface area contributed by atoms with Gasteiger partial charge in [-0.2, -0.15) is 0 Å². The molecule has 0 unspecified atom stereocenters. The maximum Gasteiger partial charge on any atom is 0.350 e. The van der Waals surface area contributed by atoms with Crippen LogP contribution in [0.2, 0.25) is 0 Å². The number of aryl methyl sites for hydroxylation is 1. The summed E-state index contributed by atoms with van der Waals surface area (Å²) >= 11 is 6.60. The molecule has 84 valence electrons. The zero-order valence-corrected chi connectivity index (χ0v) is 11.8. The van der Waals surface area contributed by atoms with Crippen molar-refractivity contribution >= 4 is 42.8 Å². The molecule has 0 saturated heterocycles. The van der Waals surface area contributed by atoms with Gasteiger partial charge in [-0.15, -0.1) is 0 Å². The highest BCUT2D eigenvalue weighted by atomic mass is 79.9. The summed E-state index contributed by atoms with van der Waals surface area (Å²) < 4.78 is 11.6. The second-order valence-corrected chi connectivity index (χ2v) is 4.96. The molecule has 1 heterocycles. The van der Waals surface area contributed by atoms with Gasteiger partial charge in [0.05, 0.1) is 11.6 Å². The minimum absolute atomic E-state index is 0.380. The maximum absolute atomic E-state index is 11.5. The molecule has 0 N–H and O–H groups in total. The average Bonchev–Trinajstić information content (AvgIpc) is 2.27. The summed E-state index contributed by atoms with van der Waals surface area (Å²) in [6, 6.07) is 3.57. The summed E-state index contributed by atoms with van der Waals surface area (Å²) in [4.78, 5) is 11.5.